The van der Waals surface area contributed by atoms with Gasteiger partial charge in [0.15, 0.2) is 0 Å². The van der Waals surface area contributed by atoms with Gasteiger partial charge in [-0.2, -0.15) is 0 Å². The molecule has 0 spiro atoms. The first-order valence-electron chi connectivity index (χ1n) is 5.63. The molecule has 0 bridgehead atoms. The maximum absolute atomic E-state index is 11.9. The van der Waals surface area contributed by atoms with Crippen molar-refractivity contribution in [1.29, 1.82) is 0 Å². The zero-order valence-corrected chi connectivity index (χ0v) is 10.5. The molecule has 2 fully saturated rings. The molecule has 2 atom stereocenters. The quantitative estimate of drug-likeness (QED) is 0.665. The predicted molar refractivity (Wildman–Crippen MR) is 65.0 cm³/mol. The number of carbonyl (C=O) groups excluding carboxylic acids is 1. The van der Waals surface area contributed by atoms with Crippen molar-refractivity contribution >= 4 is 34.9 Å². The Bertz CT molecular complexity index is 450. The van der Waals surface area contributed by atoms with Crippen molar-refractivity contribution in [2.24, 2.45) is 17.8 Å². The van der Waals surface area contributed by atoms with Crippen molar-refractivity contribution < 1.29 is 4.79 Å². The van der Waals surface area contributed by atoms with Crippen LogP contribution in [-0.2, 0) is 4.79 Å². The van der Waals surface area contributed by atoms with Crippen LogP contribution in [0.4, 0.5) is 5.82 Å². The summed E-state index contributed by atoms with van der Waals surface area (Å²) in [6.07, 6.45) is 3.31. The maximum Gasteiger partial charge on any atom is 0.228 e. The van der Waals surface area contributed by atoms with E-state index in [-0.39, 0.29) is 22.3 Å². The first kappa shape index (κ1) is 11.2. The summed E-state index contributed by atoms with van der Waals surface area (Å²) in [5.74, 6) is 2.07. The van der Waals surface area contributed by atoms with Gasteiger partial charge in [-0.3, -0.25) is 4.79 Å². The molecule has 0 aromatic carbocycles. The molecule has 0 saturated heterocycles. The van der Waals surface area contributed by atoms with E-state index in [1.54, 1.807) is 0 Å². The predicted octanol–water partition coefficient (Wildman–Crippen LogP) is 2.77. The summed E-state index contributed by atoms with van der Waals surface area (Å²) in [7, 11) is 0. The second-order valence-corrected chi connectivity index (χ2v) is 5.48. The summed E-state index contributed by atoms with van der Waals surface area (Å²) in [6, 6.07) is 1.50. The van der Waals surface area contributed by atoms with Gasteiger partial charge >= 0.3 is 0 Å². The Balaban J connectivity index is 1.67. The molecule has 2 aliphatic carbocycles. The first-order valence-corrected chi connectivity index (χ1v) is 6.38. The van der Waals surface area contributed by atoms with Gasteiger partial charge in [-0.15, -0.1) is 0 Å². The van der Waals surface area contributed by atoms with Gasteiger partial charge in [-0.05, 0) is 42.7 Å². The lowest BCUT2D eigenvalue weighted by Gasteiger charge is -2.11. The monoisotopic (exact) mass is 271 g/mol. The summed E-state index contributed by atoms with van der Waals surface area (Å²) in [6.45, 7) is 0. The van der Waals surface area contributed by atoms with E-state index in [2.05, 4.69) is 15.3 Å². The van der Waals surface area contributed by atoms with Crippen LogP contribution in [0.25, 0.3) is 0 Å². The molecule has 2 saturated carbocycles. The lowest BCUT2D eigenvalue weighted by atomic mass is 10.0. The Kier molecular flexibility index (Phi) is 2.71. The number of nitrogens with one attached hydrogen (secondary N) is 1. The summed E-state index contributed by atoms with van der Waals surface area (Å²) in [5, 5.41) is 3.02. The van der Waals surface area contributed by atoms with E-state index in [4.69, 9.17) is 23.2 Å². The second kappa shape index (κ2) is 4.10. The zero-order valence-electron chi connectivity index (χ0n) is 8.99. The van der Waals surface area contributed by atoms with E-state index in [0.717, 1.165) is 24.7 Å². The van der Waals surface area contributed by atoms with Crippen LogP contribution < -0.4 is 5.32 Å². The standard InChI is InChI=1S/C11H11Cl2N3O/c12-8-4-9(16-11(13)14-8)15-10(17)7-2-5-1-6(5)3-7/h4-7H,1-3H2,(H,14,15,16,17). The molecule has 0 radical (unpaired) electrons. The van der Waals surface area contributed by atoms with E-state index in [1.807, 2.05) is 0 Å². The Labute approximate surface area is 109 Å². The number of nitrogens with zero attached hydrogens (tertiary/aromatic N) is 2. The molecule has 6 heteroatoms. The van der Waals surface area contributed by atoms with Gasteiger partial charge in [0.05, 0.1) is 0 Å². The van der Waals surface area contributed by atoms with Crippen molar-refractivity contribution in [3.8, 4) is 0 Å². The molecular formula is C11H11Cl2N3O. The normalized spacial score (nSPS) is 29.9. The zero-order chi connectivity index (χ0) is 12.0. The van der Waals surface area contributed by atoms with Crippen molar-refractivity contribution in [1.82, 2.24) is 9.97 Å². The number of halogens is 2. The molecule has 2 aliphatic rings. The van der Waals surface area contributed by atoms with Gasteiger partial charge in [0.2, 0.25) is 11.2 Å². The fourth-order valence-corrected chi connectivity index (χ4v) is 3.02. The van der Waals surface area contributed by atoms with E-state index in [9.17, 15) is 4.79 Å². The number of aromatic nitrogens is 2. The SMILES string of the molecule is O=C(Nc1cc(Cl)nc(Cl)n1)C1CC2CC2C1. The Morgan fingerprint density at radius 2 is 1.94 bits per heavy atom. The van der Waals surface area contributed by atoms with Crippen molar-refractivity contribution in [2.75, 3.05) is 5.32 Å². The molecule has 4 nitrogen and oxygen atoms in total. The molecule has 1 amide bonds. The van der Waals surface area contributed by atoms with E-state index >= 15 is 0 Å². The number of rotatable bonds is 2. The molecular weight excluding hydrogens is 261 g/mol. The lowest BCUT2D eigenvalue weighted by Crippen LogP contribution is -2.22. The van der Waals surface area contributed by atoms with E-state index in [1.165, 1.54) is 12.5 Å². The Hall–Kier alpha value is -0.870. The van der Waals surface area contributed by atoms with E-state index < -0.39 is 0 Å². The van der Waals surface area contributed by atoms with Gasteiger partial charge in [0.25, 0.3) is 0 Å². The smallest absolute Gasteiger partial charge is 0.228 e. The van der Waals surface area contributed by atoms with Crippen LogP contribution in [0.3, 0.4) is 0 Å². The number of fused-ring (bicyclic) bond motifs is 1. The van der Waals surface area contributed by atoms with Crippen LogP contribution in [0.2, 0.25) is 10.4 Å². The van der Waals surface area contributed by atoms with Crippen LogP contribution in [0, 0.1) is 17.8 Å². The van der Waals surface area contributed by atoms with Gasteiger partial charge in [0, 0.05) is 12.0 Å². The first-order chi connectivity index (χ1) is 8.11. The molecule has 90 valence electrons. The van der Waals surface area contributed by atoms with Gasteiger partial charge in [-0.25, -0.2) is 9.97 Å². The summed E-state index contributed by atoms with van der Waals surface area (Å²) in [5.41, 5.74) is 0. The van der Waals surface area contributed by atoms with Crippen LogP contribution in [0.1, 0.15) is 19.3 Å². The highest BCUT2D eigenvalue weighted by molar-refractivity contribution is 6.32. The van der Waals surface area contributed by atoms with Crippen molar-refractivity contribution in [3.63, 3.8) is 0 Å². The number of anilines is 1. The Morgan fingerprint density at radius 3 is 2.59 bits per heavy atom. The van der Waals surface area contributed by atoms with Gasteiger partial charge in [0.1, 0.15) is 11.0 Å². The molecule has 1 N–H and O–H groups in total. The highest BCUT2D eigenvalue weighted by Crippen LogP contribution is 2.54. The fraction of sp³-hybridized carbons (Fsp3) is 0.545. The lowest BCUT2D eigenvalue weighted by molar-refractivity contribution is -0.120. The van der Waals surface area contributed by atoms with Crippen LogP contribution >= 0.6 is 23.2 Å². The van der Waals surface area contributed by atoms with Gasteiger partial charge < -0.3 is 5.32 Å². The molecule has 2 unspecified atom stereocenters. The van der Waals surface area contributed by atoms with Crippen LogP contribution in [0.15, 0.2) is 6.07 Å². The number of amides is 1. The molecule has 1 aromatic heterocycles. The number of hydrogen-bond acceptors (Lipinski definition) is 3. The second-order valence-electron chi connectivity index (χ2n) is 4.76. The third-order valence-electron chi connectivity index (χ3n) is 3.53. The molecule has 1 aromatic rings. The van der Waals surface area contributed by atoms with E-state index in [0.29, 0.717) is 5.82 Å². The van der Waals surface area contributed by atoms with Crippen molar-refractivity contribution in [2.45, 2.75) is 19.3 Å². The number of carbonyl (C=O) groups is 1. The minimum Gasteiger partial charge on any atom is -0.310 e. The highest BCUT2D eigenvalue weighted by atomic mass is 35.5. The molecule has 1 heterocycles. The van der Waals surface area contributed by atoms with Crippen molar-refractivity contribution in [3.05, 3.63) is 16.5 Å². The summed E-state index contributed by atoms with van der Waals surface area (Å²) < 4.78 is 0. The third kappa shape index (κ3) is 2.38. The fourth-order valence-electron chi connectivity index (χ4n) is 2.61. The average molecular weight is 272 g/mol. The minimum atomic E-state index is 0.0167. The summed E-state index contributed by atoms with van der Waals surface area (Å²) >= 11 is 11.4. The highest BCUT2D eigenvalue weighted by Gasteiger charge is 2.48. The minimum absolute atomic E-state index is 0.0167. The van der Waals surface area contributed by atoms with Gasteiger partial charge in [-0.1, -0.05) is 11.6 Å². The van der Waals surface area contributed by atoms with Crippen LogP contribution in [-0.4, -0.2) is 15.9 Å². The number of hydrogen-bond donors (Lipinski definition) is 1. The molecule has 0 aliphatic heterocycles. The molecule has 17 heavy (non-hydrogen) atoms. The Morgan fingerprint density at radius 1 is 1.24 bits per heavy atom. The third-order valence-corrected chi connectivity index (χ3v) is 3.90. The molecule has 3 rings (SSSR count). The largest absolute Gasteiger partial charge is 0.310 e. The average Bonchev–Trinajstić information content (AvgIpc) is 2.84. The maximum atomic E-state index is 11.9. The topological polar surface area (TPSA) is 54.9 Å². The van der Waals surface area contributed by atoms with Crippen LogP contribution in [0.5, 0.6) is 0 Å². The summed E-state index contributed by atoms with van der Waals surface area (Å²) in [4.78, 5) is 19.6.